The Hall–Kier alpha value is -2.16. The fourth-order valence-electron chi connectivity index (χ4n) is 2.50. The summed E-state index contributed by atoms with van der Waals surface area (Å²) in [4.78, 5) is 13.6. The van der Waals surface area contributed by atoms with Crippen molar-refractivity contribution in [2.75, 3.05) is 7.05 Å². The molecule has 1 aliphatic rings. The summed E-state index contributed by atoms with van der Waals surface area (Å²) in [5.74, 6) is -2.59. The number of amides is 2. The molecule has 0 aromatic heterocycles. The summed E-state index contributed by atoms with van der Waals surface area (Å²) in [6.45, 7) is 0.403. The average molecular weight is 307 g/mol. The van der Waals surface area contributed by atoms with E-state index in [4.69, 9.17) is 5.26 Å². The van der Waals surface area contributed by atoms with Gasteiger partial charge in [-0.3, -0.25) is 0 Å². The van der Waals surface area contributed by atoms with Gasteiger partial charge in [0.1, 0.15) is 0 Å². The van der Waals surface area contributed by atoms with Gasteiger partial charge in [0.15, 0.2) is 0 Å². The normalized spacial score (nSPS) is 17.5. The predicted octanol–water partition coefficient (Wildman–Crippen LogP) is 3.28. The monoisotopic (exact) mass is 307 g/mol. The molecule has 0 heterocycles. The molecule has 0 saturated heterocycles. The van der Waals surface area contributed by atoms with E-state index >= 15 is 0 Å². The molecular weight excluding hydrogens is 288 g/mol. The number of hydrogen-bond donors (Lipinski definition) is 1. The molecule has 6 heteroatoms. The van der Waals surface area contributed by atoms with Gasteiger partial charge in [0.05, 0.1) is 11.6 Å². The minimum atomic E-state index is -2.59. The lowest BCUT2D eigenvalue weighted by Gasteiger charge is -2.30. The van der Waals surface area contributed by atoms with Crippen LogP contribution in [-0.4, -0.2) is 29.9 Å². The van der Waals surface area contributed by atoms with E-state index in [2.05, 4.69) is 5.32 Å². The number of carbonyl (C=O) groups excluding carboxylic acids is 1. The van der Waals surface area contributed by atoms with Gasteiger partial charge < -0.3 is 10.2 Å². The zero-order valence-electron chi connectivity index (χ0n) is 12.5. The first-order valence-corrected chi connectivity index (χ1v) is 7.28. The van der Waals surface area contributed by atoms with Gasteiger partial charge in [-0.2, -0.15) is 5.26 Å². The number of urea groups is 1. The van der Waals surface area contributed by atoms with E-state index in [-0.39, 0.29) is 24.9 Å². The minimum absolute atomic E-state index is 0.169. The maximum atomic E-state index is 13.1. The van der Waals surface area contributed by atoms with Crippen molar-refractivity contribution in [1.29, 1.82) is 5.26 Å². The molecule has 1 fully saturated rings. The third-order valence-electron chi connectivity index (χ3n) is 3.89. The topological polar surface area (TPSA) is 56.1 Å². The molecule has 118 valence electrons. The average Bonchev–Trinajstić information content (AvgIpc) is 2.50. The van der Waals surface area contributed by atoms with E-state index in [1.165, 1.54) is 4.90 Å². The van der Waals surface area contributed by atoms with E-state index < -0.39 is 5.92 Å². The Balaban J connectivity index is 1.83. The SMILES string of the molecule is CN(Cc1ccc(C#N)cc1)C(=O)NC1CCC(F)(F)CC1. The highest BCUT2D eigenvalue weighted by atomic mass is 19.3. The molecule has 1 saturated carbocycles. The predicted molar refractivity (Wildman–Crippen MR) is 78.4 cm³/mol. The number of nitriles is 1. The van der Waals surface area contributed by atoms with Crippen molar-refractivity contribution in [3.05, 3.63) is 35.4 Å². The summed E-state index contributed by atoms with van der Waals surface area (Å²) < 4.78 is 26.2. The number of alkyl halides is 2. The Kier molecular flexibility index (Phi) is 4.96. The van der Waals surface area contributed by atoms with Gasteiger partial charge >= 0.3 is 6.03 Å². The van der Waals surface area contributed by atoms with Crippen LogP contribution in [0.1, 0.15) is 36.8 Å². The highest BCUT2D eigenvalue weighted by Gasteiger charge is 2.35. The van der Waals surface area contributed by atoms with Crippen molar-refractivity contribution >= 4 is 6.03 Å². The third-order valence-corrected chi connectivity index (χ3v) is 3.89. The van der Waals surface area contributed by atoms with E-state index in [1.54, 1.807) is 31.3 Å². The lowest BCUT2D eigenvalue weighted by Crippen LogP contribution is -2.45. The van der Waals surface area contributed by atoms with Crippen molar-refractivity contribution in [3.8, 4) is 6.07 Å². The van der Waals surface area contributed by atoms with Crippen LogP contribution in [0.25, 0.3) is 0 Å². The lowest BCUT2D eigenvalue weighted by atomic mass is 9.92. The zero-order chi connectivity index (χ0) is 16.2. The number of halogens is 2. The first-order valence-electron chi connectivity index (χ1n) is 7.28. The number of hydrogen-bond acceptors (Lipinski definition) is 2. The molecule has 22 heavy (non-hydrogen) atoms. The maximum absolute atomic E-state index is 13.1. The molecule has 0 unspecified atom stereocenters. The Morgan fingerprint density at radius 2 is 1.95 bits per heavy atom. The van der Waals surface area contributed by atoms with Gasteiger partial charge in [-0.1, -0.05) is 12.1 Å². The van der Waals surface area contributed by atoms with Crippen molar-refractivity contribution < 1.29 is 13.6 Å². The van der Waals surface area contributed by atoms with E-state index in [1.807, 2.05) is 6.07 Å². The van der Waals surface area contributed by atoms with Crippen LogP contribution in [0.15, 0.2) is 24.3 Å². The van der Waals surface area contributed by atoms with Crippen molar-refractivity contribution in [2.24, 2.45) is 0 Å². The van der Waals surface area contributed by atoms with Crippen LogP contribution in [-0.2, 0) is 6.54 Å². The molecule has 1 aromatic rings. The number of carbonyl (C=O) groups is 1. The largest absolute Gasteiger partial charge is 0.335 e. The number of rotatable bonds is 3. The van der Waals surface area contributed by atoms with Crippen LogP contribution in [0.2, 0.25) is 0 Å². The first kappa shape index (κ1) is 16.2. The molecule has 1 aliphatic carbocycles. The van der Waals surface area contributed by atoms with Gasteiger partial charge in [-0.15, -0.1) is 0 Å². The molecule has 2 amide bonds. The smallest absolute Gasteiger partial charge is 0.317 e. The Labute approximate surface area is 128 Å². The molecule has 1 N–H and O–H groups in total. The summed E-state index contributed by atoms with van der Waals surface area (Å²) in [6, 6.07) is 8.58. The van der Waals surface area contributed by atoms with Crippen LogP contribution in [0.3, 0.4) is 0 Å². The van der Waals surface area contributed by atoms with Crippen LogP contribution in [0.4, 0.5) is 13.6 Å². The summed E-state index contributed by atoms with van der Waals surface area (Å²) >= 11 is 0. The van der Waals surface area contributed by atoms with E-state index in [0.717, 1.165) is 5.56 Å². The summed E-state index contributed by atoms with van der Waals surface area (Å²) in [5.41, 5.74) is 1.48. The second-order valence-electron chi connectivity index (χ2n) is 5.74. The fraction of sp³-hybridized carbons (Fsp3) is 0.500. The molecule has 0 bridgehead atoms. The number of nitrogens with one attached hydrogen (secondary N) is 1. The van der Waals surface area contributed by atoms with Gasteiger partial charge in [-0.25, -0.2) is 13.6 Å². The zero-order valence-corrected chi connectivity index (χ0v) is 12.5. The molecule has 0 atom stereocenters. The van der Waals surface area contributed by atoms with Crippen molar-refractivity contribution in [2.45, 2.75) is 44.2 Å². The summed E-state index contributed by atoms with van der Waals surface area (Å²) in [6.07, 6.45) is 0.279. The minimum Gasteiger partial charge on any atom is -0.335 e. The third kappa shape index (κ3) is 4.42. The van der Waals surface area contributed by atoms with Crippen molar-refractivity contribution in [1.82, 2.24) is 10.2 Å². The Morgan fingerprint density at radius 1 is 1.36 bits per heavy atom. The molecule has 1 aromatic carbocycles. The number of benzene rings is 1. The Bertz CT molecular complexity index is 556. The molecule has 4 nitrogen and oxygen atoms in total. The van der Waals surface area contributed by atoms with E-state index in [9.17, 15) is 13.6 Å². The highest BCUT2D eigenvalue weighted by Crippen LogP contribution is 2.33. The summed E-state index contributed by atoms with van der Waals surface area (Å²) in [5, 5.41) is 11.5. The second kappa shape index (κ2) is 6.73. The highest BCUT2D eigenvalue weighted by molar-refractivity contribution is 5.74. The Morgan fingerprint density at radius 3 is 2.50 bits per heavy atom. The quantitative estimate of drug-likeness (QED) is 0.931. The van der Waals surface area contributed by atoms with Crippen LogP contribution in [0.5, 0.6) is 0 Å². The number of nitrogens with zero attached hydrogens (tertiary/aromatic N) is 2. The van der Waals surface area contributed by atoms with Crippen LogP contribution < -0.4 is 5.32 Å². The molecule has 0 radical (unpaired) electrons. The van der Waals surface area contributed by atoms with Gasteiger partial charge in [0.25, 0.3) is 0 Å². The van der Waals surface area contributed by atoms with E-state index in [0.29, 0.717) is 24.9 Å². The lowest BCUT2D eigenvalue weighted by molar-refractivity contribution is -0.0397. The molecule has 2 rings (SSSR count). The molecule has 0 spiro atoms. The first-order chi connectivity index (χ1) is 10.4. The maximum Gasteiger partial charge on any atom is 0.317 e. The standard InChI is InChI=1S/C16H19F2N3O/c1-21(11-13-4-2-12(10-19)3-5-13)15(22)20-14-6-8-16(17,18)9-7-14/h2-5,14H,6-9,11H2,1H3,(H,20,22). The van der Waals surface area contributed by atoms with Gasteiger partial charge in [0, 0.05) is 32.5 Å². The van der Waals surface area contributed by atoms with Crippen LogP contribution >= 0.6 is 0 Å². The van der Waals surface area contributed by atoms with Crippen LogP contribution in [0, 0.1) is 11.3 Å². The second-order valence-corrected chi connectivity index (χ2v) is 5.74. The van der Waals surface area contributed by atoms with Gasteiger partial charge in [0.2, 0.25) is 5.92 Å². The molecule has 0 aliphatic heterocycles. The molecular formula is C16H19F2N3O. The van der Waals surface area contributed by atoms with Crippen molar-refractivity contribution in [3.63, 3.8) is 0 Å². The fourth-order valence-corrected chi connectivity index (χ4v) is 2.50. The summed E-state index contributed by atoms with van der Waals surface area (Å²) in [7, 11) is 1.66. The van der Waals surface area contributed by atoms with Gasteiger partial charge in [-0.05, 0) is 30.5 Å².